The molecule has 0 radical (unpaired) electrons. The van der Waals surface area contributed by atoms with Gasteiger partial charge in [-0.1, -0.05) is 6.92 Å². The van der Waals surface area contributed by atoms with Crippen molar-refractivity contribution >= 4 is 23.0 Å². The summed E-state index contributed by atoms with van der Waals surface area (Å²) in [5.74, 6) is 0. The van der Waals surface area contributed by atoms with E-state index in [-0.39, 0.29) is 0 Å². The number of rotatable bonds is 3. The van der Waals surface area contributed by atoms with Gasteiger partial charge in [-0.3, -0.25) is 4.68 Å². The van der Waals surface area contributed by atoms with Crippen molar-refractivity contribution in [2.45, 2.75) is 20.3 Å². The largest absolute Gasteiger partial charge is 0.275 e. The zero-order valence-corrected chi connectivity index (χ0v) is 11.5. The molecule has 0 unspecified atom stereocenters. The lowest BCUT2D eigenvalue weighted by atomic mass is 10.2. The SMILES string of the molecule is CCc1nc(/C(C#N)=C\c2cnn(C)c2)sc1C. The van der Waals surface area contributed by atoms with Gasteiger partial charge in [0.15, 0.2) is 0 Å². The molecule has 4 nitrogen and oxygen atoms in total. The van der Waals surface area contributed by atoms with Crippen LogP contribution in [0.1, 0.15) is 28.1 Å². The van der Waals surface area contributed by atoms with Crippen molar-refractivity contribution in [1.29, 1.82) is 5.26 Å². The van der Waals surface area contributed by atoms with Crippen LogP contribution < -0.4 is 0 Å². The Hall–Kier alpha value is -1.93. The summed E-state index contributed by atoms with van der Waals surface area (Å²) in [5.41, 5.74) is 2.58. The molecule has 0 aromatic carbocycles. The third kappa shape index (κ3) is 2.49. The van der Waals surface area contributed by atoms with Crippen molar-refractivity contribution in [3.8, 4) is 6.07 Å². The minimum absolute atomic E-state index is 0.593. The number of hydrogen-bond donors (Lipinski definition) is 0. The second kappa shape index (κ2) is 5.15. The predicted octanol–water partition coefficient (Wildman–Crippen LogP) is 2.81. The van der Waals surface area contributed by atoms with Gasteiger partial charge in [0.25, 0.3) is 0 Å². The van der Waals surface area contributed by atoms with Crippen LogP contribution in [0.25, 0.3) is 11.6 Å². The highest BCUT2D eigenvalue weighted by atomic mass is 32.1. The van der Waals surface area contributed by atoms with Gasteiger partial charge in [-0.2, -0.15) is 10.4 Å². The molecule has 18 heavy (non-hydrogen) atoms. The molecule has 0 amide bonds. The molecule has 0 saturated heterocycles. The number of hydrogen-bond acceptors (Lipinski definition) is 4. The van der Waals surface area contributed by atoms with Gasteiger partial charge < -0.3 is 0 Å². The zero-order valence-electron chi connectivity index (χ0n) is 10.6. The fourth-order valence-corrected chi connectivity index (χ4v) is 2.66. The van der Waals surface area contributed by atoms with Crippen LogP contribution in [-0.2, 0) is 13.5 Å². The third-order valence-corrected chi connectivity index (χ3v) is 3.66. The molecule has 0 aliphatic rings. The Balaban J connectivity index is 2.39. The Labute approximate surface area is 110 Å². The molecule has 0 aliphatic heterocycles. The average Bonchev–Trinajstić information content (AvgIpc) is 2.92. The molecule has 0 atom stereocenters. The summed E-state index contributed by atoms with van der Waals surface area (Å²) >= 11 is 1.57. The zero-order chi connectivity index (χ0) is 13.1. The number of nitriles is 1. The van der Waals surface area contributed by atoms with Crippen molar-refractivity contribution < 1.29 is 0 Å². The van der Waals surface area contributed by atoms with E-state index in [0.29, 0.717) is 5.57 Å². The maximum Gasteiger partial charge on any atom is 0.134 e. The van der Waals surface area contributed by atoms with Gasteiger partial charge >= 0.3 is 0 Å². The van der Waals surface area contributed by atoms with Crippen molar-refractivity contribution in [3.05, 3.63) is 33.5 Å². The lowest BCUT2D eigenvalue weighted by Crippen LogP contribution is -1.85. The molecule has 0 saturated carbocycles. The molecule has 2 rings (SSSR count). The van der Waals surface area contributed by atoms with E-state index in [9.17, 15) is 5.26 Å². The summed E-state index contributed by atoms with van der Waals surface area (Å²) in [4.78, 5) is 5.68. The van der Waals surface area contributed by atoms with Crippen LogP contribution in [0, 0.1) is 18.3 Å². The Kier molecular flexibility index (Phi) is 3.58. The topological polar surface area (TPSA) is 54.5 Å². The van der Waals surface area contributed by atoms with Crippen LogP contribution in [0.15, 0.2) is 12.4 Å². The van der Waals surface area contributed by atoms with E-state index in [1.807, 2.05) is 26.2 Å². The lowest BCUT2D eigenvalue weighted by molar-refractivity contribution is 0.767. The lowest BCUT2D eigenvalue weighted by Gasteiger charge is -1.91. The summed E-state index contributed by atoms with van der Waals surface area (Å²) in [5, 5.41) is 14.1. The average molecular weight is 258 g/mol. The first-order valence-electron chi connectivity index (χ1n) is 5.71. The van der Waals surface area contributed by atoms with Gasteiger partial charge in [-0.05, 0) is 19.4 Å². The minimum Gasteiger partial charge on any atom is -0.275 e. The maximum atomic E-state index is 9.24. The predicted molar refractivity (Wildman–Crippen MR) is 72.9 cm³/mol. The smallest absolute Gasteiger partial charge is 0.134 e. The van der Waals surface area contributed by atoms with Gasteiger partial charge in [-0.25, -0.2) is 4.98 Å². The molecule has 0 N–H and O–H groups in total. The number of allylic oxidation sites excluding steroid dienone is 1. The fraction of sp³-hybridized carbons (Fsp3) is 0.308. The Morgan fingerprint density at radius 2 is 2.39 bits per heavy atom. The molecule has 0 spiro atoms. The van der Waals surface area contributed by atoms with Crippen molar-refractivity contribution in [1.82, 2.24) is 14.8 Å². The van der Waals surface area contributed by atoms with E-state index in [0.717, 1.165) is 22.7 Å². The van der Waals surface area contributed by atoms with Crippen molar-refractivity contribution in [2.24, 2.45) is 7.05 Å². The first-order valence-corrected chi connectivity index (χ1v) is 6.52. The van der Waals surface area contributed by atoms with Crippen LogP contribution in [0.2, 0.25) is 0 Å². The summed E-state index contributed by atoms with van der Waals surface area (Å²) in [6.45, 7) is 4.11. The van der Waals surface area contributed by atoms with E-state index in [1.165, 1.54) is 4.88 Å². The maximum absolute atomic E-state index is 9.24. The second-order valence-electron chi connectivity index (χ2n) is 3.99. The van der Waals surface area contributed by atoms with Gasteiger partial charge in [0, 0.05) is 23.7 Å². The summed E-state index contributed by atoms with van der Waals surface area (Å²) in [6.07, 6.45) is 6.33. The van der Waals surface area contributed by atoms with E-state index in [2.05, 4.69) is 23.1 Å². The van der Waals surface area contributed by atoms with Crippen LogP contribution in [0.4, 0.5) is 0 Å². The molecule has 2 heterocycles. The van der Waals surface area contributed by atoms with E-state index in [4.69, 9.17) is 0 Å². The van der Waals surface area contributed by atoms with E-state index >= 15 is 0 Å². The number of thiazole rings is 1. The summed E-state index contributed by atoms with van der Waals surface area (Å²) in [6, 6.07) is 2.21. The molecular formula is C13H14N4S. The van der Waals surface area contributed by atoms with Gasteiger partial charge in [0.05, 0.1) is 17.5 Å². The van der Waals surface area contributed by atoms with E-state index < -0.39 is 0 Å². The molecule has 2 aromatic rings. The highest BCUT2D eigenvalue weighted by molar-refractivity contribution is 7.12. The highest BCUT2D eigenvalue weighted by Crippen LogP contribution is 2.25. The van der Waals surface area contributed by atoms with Gasteiger partial charge in [-0.15, -0.1) is 11.3 Å². The molecule has 0 aliphatic carbocycles. The monoisotopic (exact) mass is 258 g/mol. The molecule has 92 valence electrons. The highest BCUT2D eigenvalue weighted by Gasteiger charge is 2.10. The first-order chi connectivity index (χ1) is 8.63. The van der Waals surface area contributed by atoms with Crippen molar-refractivity contribution in [3.63, 3.8) is 0 Å². The molecule has 2 aromatic heterocycles. The number of aryl methyl sites for hydroxylation is 3. The molecule has 0 fully saturated rings. The summed E-state index contributed by atoms with van der Waals surface area (Å²) < 4.78 is 1.71. The molecular weight excluding hydrogens is 244 g/mol. The second-order valence-corrected chi connectivity index (χ2v) is 5.20. The number of aromatic nitrogens is 3. The van der Waals surface area contributed by atoms with E-state index in [1.54, 1.807) is 22.2 Å². The Bertz CT molecular complexity index is 628. The van der Waals surface area contributed by atoms with Gasteiger partial charge in [0.2, 0.25) is 0 Å². The van der Waals surface area contributed by atoms with Crippen molar-refractivity contribution in [2.75, 3.05) is 0 Å². The molecule has 0 bridgehead atoms. The third-order valence-electron chi connectivity index (χ3n) is 2.61. The van der Waals surface area contributed by atoms with Gasteiger partial charge in [0.1, 0.15) is 11.1 Å². The Morgan fingerprint density at radius 3 is 2.89 bits per heavy atom. The quantitative estimate of drug-likeness (QED) is 0.795. The Morgan fingerprint density at radius 1 is 1.61 bits per heavy atom. The number of nitrogens with zero attached hydrogens (tertiary/aromatic N) is 4. The summed E-state index contributed by atoms with van der Waals surface area (Å²) in [7, 11) is 1.85. The first kappa shape index (κ1) is 12.5. The van der Waals surface area contributed by atoms with Crippen LogP contribution in [0.5, 0.6) is 0 Å². The van der Waals surface area contributed by atoms with Crippen LogP contribution in [0.3, 0.4) is 0 Å². The molecule has 5 heteroatoms. The minimum atomic E-state index is 0.593. The van der Waals surface area contributed by atoms with Crippen LogP contribution >= 0.6 is 11.3 Å². The van der Waals surface area contributed by atoms with Crippen LogP contribution in [-0.4, -0.2) is 14.8 Å². The normalized spacial score (nSPS) is 11.6. The fourth-order valence-electron chi connectivity index (χ4n) is 1.69. The standard InChI is InChI=1S/C13H14N4S/c1-4-12-9(2)18-13(16-12)11(6-14)5-10-7-15-17(3)8-10/h5,7-8H,4H2,1-3H3/b11-5-.